The molecule has 0 aromatic heterocycles. The molecule has 1 aromatic rings. The minimum absolute atomic E-state index is 0.0336. The third-order valence-corrected chi connectivity index (χ3v) is 13.6. The lowest BCUT2D eigenvalue weighted by atomic mass is 9.58. The van der Waals surface area contributed by atoms with E-state index in [0.29, 0.717) is 76.4 Å². The molecule has 2 unspecified atom stereocenters. The fourth-order valence-corrected chi connectivity index (χ4v) is 10.6. The number of hydrogen-bond donors (Lipinski definition) is 3. The van der Waals surface area contributed by atoms with E-state index in [-0.39, 0.29) is 73.4 Å². The molecule has 12 nitrogen and oxygen atoms in total. The van der Waals surface area contributed by atoms with Crippen molar-refractivity contribution in [2.75, 3.05) is 72.5 Å². The SMILES string of the molecule is C#CCOCCOCCOCCOCCC(=O)N1CCCC2(CC(C(=N)N(C(C)=N)C3CC4CCC(C3)N4CC[C@H](NC(=O)C3CCC(F)(F)CC3)c3ccccc3)C2)C1. The van der Waals surface area contributed by atoms with Crippen LogP contribution in [0.25, 0.3) is 0 Å². The highest BCUT2D eigenvalue weighted by atomic mass is 19.3. The largest absolute Gasteiger partial charge is 0.379 e. The molecule has 5 aliphatic rings. The maximum atomic E-state index is 13.8. The van der Waals surface area contributed by atoms with E-state index in [2.05, 4.69) is 16.1 Å². The first-order valence-electron chi connectivity index (χ1n) is 22.4. The molecule has 3 heterocycles. The first kappa shape index (κ1) is 46.0. The van der Waals surface area contributed by atoms with Crippen LogP contribution in [-0.4, -0.2) is 135 Å². The Morgan fingerprint density at radius 1 is 0.900 bits per heavy atom. The van der Waals surface area contributed by atoms with Gasteiger partial charge in [-0.2, -0.15) is 0 Å². The molecule has 3 N–H and O–H groups in total. The summed E-state index contributed by atoms with van der Waals surface area (Å²) in [6.45, 7) is 7.44. The summed E-state index contributed by atoms with van der Waals surface area (Å²) in [5, 5.41) is 21.5. The topological polar surface area (TPSA) is 141 Å². The highest BCUT2D eigenvalue weighted by Gasteiger charge is 2.51. The van der Waals surface area contributed by atoms with Crippen LogP contribution in [0, 0.1) is 40.4 Å². The average Bonchev–Trinajstić information content (AvgIpc) is 3.46. The normalized spacial score (nSPS) is 24.4. The van der Waals surface area contributed by atoms with Crippen LogP contribution in [0.2, 0.25) is 0 Å². The zero-order valence-electron chi connectivity index (χ0n) is 35.7. The number of ether oxygens (including phenoxy) is 4. The van der Waals surface area contributed by atoms with Crippen LogP contribution < -0.4 is 5.32 Å². The molecule has 2 aliphatic carbocycles. The van der Waals surface area contributed by atoms with E-state index in [1.807, 2.05) is 47.1 Å². The molecule has 14 heteroatoms. The number of benzene rings is 1. The number of rotatable bonds is 21. The number of nitrogens with one attached hydrogen (secondary N) is 3. The predicted octanol–water partition coefficient (Wildman–Crippen LogP) is 6.44. The summed E-state index contributed by atoms with van der Waals surface area (Å²) in [5.41, 5.74) is 1.06. The fourth-order valence-electron chi connectivity index (χ4n) is 10.6. The second-order valence-electron chi connectivity index (χ2n) is 17.8. The predicted molar refractivity (Wildman–Crippen MR) is 226 cm³/mol. The number of nitrogens with zero attached hydrogens (tertiary/aromatic N) is 3. The van der Waals surface area contributed by atoms with Crippen LogP contribution in [0.3, 0.4) is 0 Å². The first-order valence-corrected chi connectivity index (χ1v) is 22.4. The van der Waals surface area contributed by atoms with Crippen molar-refractivity contribution in [3.05, 3.63) is 35.9 Å². The molecule has 1 aromatic carbocycles. The molecule has 3 saturated heterocycles. The smallest absolute Gasteiger partial charge is 0.248 e. The molecule has 0 radical (unpaired) electrons. The fraction of sp³-hybridized carbons (Fsp3) is 0.739. The number of likely N-dealkylation sites (tertiary alicyclic amines) is 1. The Balaban J connectivity index is 0.921. The zero-order valence-corrected chi connectivity index (χ0v) is 35.7. The third-order valence-electron chi connectivity index (χ3n) is 13.6. The molecule has 2 bridgehead atoms. The second kappa shape index (κ2) is 22.0. The van der Waals surface area contributed by atoms with Crippen molar-refractivity contribution in [1.82, 2.24) is 20.0 Å². The van der Waals surface area contributed by atoms with Crippen LogP contribution >= 0.6 is 0 Å². The quantitative estimate of drug-likeness (QED) is 0.0557. The Morgan fingerprint density at radius 3 is 2.13 bits per heavy atom. The highest BCUT2D eigenvalue weighted by molar-refractivity contribution is 5.99. The van der Waals surface area contributed by atoms with Gasteiger partial charge in [-0.3, -0.25) is 25.3 Å². The standard InChI is InChI=1S/C46H68F2N6O6/c1-3-21-57-23-25-59-27-28-60-26-24-58-22-15-42(55)52-19-7-16-45(33-52)31-37(32-45)43(50)54(34(2)49)40-29-38-10-11-39(30-40)53(38)20-14-41(35-8-5-4-6-9-35)51-44(56)36-12-17-46(47,48)18-13-36/h1,4-6,8-9,36-41,49-50H,7,10-33H2,2H3,(H,51,56)/t37?,38?,39?,40?,41-,45?/m0/s1. The maximum Gasteiger partial charge on any atom is 0.248 e. The molecule has 6 rings (SSSR count). The highest BCUT2D eigenvalue weighted by Crippen LogP contribution is 2.52. The Hall–Kier alpha value is -3.48. The van der Waals surface area contributed by atoms with E-state index in [9.17, 15) is 23.8 Å². The maximum absolute atomic E-state index is 13.8. The summed E-state index contributed by atoms with van der Waals surface area (Å²) in [7, 11) is 0. The summed E-state index contributed by atoms with van der Waals surface area (Å²) < 4.78 is 49.4. The number of carbonyl (C=O) groups is 2. The lowest BCUT2D eigenvalue weighted by Gasteiger charge is -2.55. The molecule has 3 atom stereocenters. The number of terminal acetylenes is 1. The van der Waals surface area contributed by atoms with Crippen molar-refractivity contribution in [3.63, 3.8) is 0 Å². The van der Waals surface area contributed by atoms with Gasteiger partial charge >= 0.3 is 0 Å². The Kier molecular flexibility index (Phi) is 16.9. The molecule has 60 heavy (non-hydrogen) atoms. The van der Waals surface area contributed by atoms with Gasteiger partial charge in [0.2, 0.25) is 17.7 Å². The summed E-state index contributed by atoms with van der Waals surface area (Å²) >= 11 is 0. The number of alkyl halides is 2. The van der Waals surface area contributed by atoms with Crippen molar-refractivity contribution < 1.29 is 37.3 Å². The summed E-state index contributed by atoms with van der Waals surface area (Å²) in [6.07, 6.45) is 13.9. The minimum Gasteiger partial charge on any atom is -0.379 e. The molecule has 5 fully saturated rings. The van der Waals surface area contributed by atoms with E-state index in [4.69, 9.17) is 30.8 Å². The van der Waals surface area contributed by atoms with Crippen LogP contribution in [0.4, 0.5) is 8.78 Å². The molecular weight excluding hydrogens is 771 g/mol. The van der Waals surface area contributed by atoms with Crippen molar-refractivity contribution in [3.8, 4) is 12.3 Å². The van der Waals surface area contributed by atoms with Gasteiger partial charge in [-0.25, -0.2) is 8.78 Å². The molecular formula is C46H68F2N6O6. The van der Waals surface area contributed by atoms with Gasteiger partial charge in [0.05, 0.1) is 64.5 Å². The number of piperidine rings is 2. The van der Waals surface area contributed by atoms with Crippen molar-refractivity contribution in [1.29, 1.82) is 10.8 Å². The van der Waals surface area contributed by atoms with E-state index in [1.165, 1.54) is 0 Å². The monoisotopic (exact) mass is 839 g/mol. The van der Waals surface area contributed by atoms with Crippen molar-refractivity contribution in [2.45, 2.75) is 127 Å². The summed E-state index contributed by atoms with van der Waals surface area (Å²) in [4.78, 5) is 33.1. The van der Waals surface area contributed by atoms with E-state index < -0.39 is 5.92 Å². The number of amides is 2. The molecule has 1 spiro atoms. The van der Waals surface area contributed by atoms with Gasteiger partial charge in [0, 0.05) is 62.4 Å². The van der Waals surface area contributed by atoms with Crippen LogP contribution in [-0.2, 0) is 28.5 Å². The summed E-state index contributed by atoms with van der Waals surface area (Å²) in [5.74, 6) is 0.408. The summed E-state index contributed by atoms with van der Waals surface area (Å²) in [6, 6.07) is 10.6. The first-order chi connectivity index (χ1) is 29.0. The van der Waals surface area contributed by atoms with Gasteiger partial charge in [-0.1, -0.05) is 36.3 Å². The molecule has 2 amide bonds. The van der Waals surface area contributed by atoms with Gasteiger partial charge in [-0.15, -0.1) is 6.42 Å². The van der Waals surface area contributed by atoms with E-state index >= 15 is 0 Å². The van der Waals surface area contributed by atoms with Crippen molar-refractivity contribution in [2.24, 2.45) is 17.3 Å². The molecule has 2 saturated carbocycles. The lowest BCUT2D eigenvalue weighted by molar-refractivity contribution is -0.138. The lowest BCUT2D eigenvalue weighted by Crippen LogP contribution is -2.58. The number of carbonyl (C=O) groups excluding carboxylic acids is 2. The van der Waals surface area contributed by atoms with Crippen LogP contribution in [0.15, 0.2) is 30.3 Å². The third kappa shape index (κ3) is 12.6. The van der Waals surface area contributed by atoms with E-state index in [0.717, 1.165) is 83.0 Å². The average molecular weight is 839 g/mol. The second-order valence-corrected chi connectivity index (χ2v) is 17.8. The van der Waals surface area contributed by atoms with E-state index in [1.54, 1.807) is 0 Å². The number of amidine groups is 2. The van der Waals surface area contributed by atoms with Crippen molar-refractivity contribution >= 4 is 23.5 Å². The Bertz CT molecular complexity index is 1600. The van der Waals surface area contributed by atoms with Crippen LogP contribution in [0.5, 0.6) is 0 Å². The van der Waals surface area contributed by atoms with Gasteiger partial charge in [-0.05, 0) is 88.5 Å². The van der Waals surface area contributed by atoms with Gasteiger partial charge in [0.1, 0.15) is 12.4 Å². The van der Waals surface area contributed by atoms with Gasteiger partial charge in [0.25, 0.3) is 0 Å². The van der Waals surface area contributed by atoms with Gasteiger partial charge in [0.15, 0.2) is 0 Å². The minimum atomic E-state index is -2.67. The number of hydrogen-bond acceptors (Lipinski definition) is 9. The molecule has 332 valence electrons. The number of fused-ring (bicyclic) bond motifs is 2. The van der Waals surface area contributed by atoms with Gasteiger partial charge < -0.3 is 34.1 Å². The Morgan fingerprint density at radius 2 is 1.52 bits per heavy atom. The number of halogens is 2. The zero-order chi connectivity index (χ0) is 42.5. The Labute approximate surface area is 355 Å². The molecule has 3 aliphatic heterocycles. The van der Waals surface area contributed by atoms with Crippen LogP contribution in [0.1, 0.15) is 108 Å².